The van der Waals surface area contributed by atoms with Crippen LogP contribution >= 0.6 is 0 Å². The molecule has 0 bridgehead atoms. The first kappa shape index (κ1) is 16.9. The molecule has 0 aliphatic rings. The Morgan fingerprint density at radius 2 is 1.80 bits per heavy atom. The summed E-state index contributed by atoms with van der Waals surface area (Å²) in [5.74, 6) is -0.220. The number of halogens is 1. The molecule has 0 unspecified atom stereocenters. The maximum Gasteiger partial charge on any atom is 0.209 e. The first-order valence-electron chi connectivity index (χ1n) is 8.24. The van der Waals surface area contributed by atoms with Crippen molar-refractivity contribution in [2.45, 2.75) is 20.4 Å². The van der Waals surface area contributed by atoms with E-state index >= 15 is 0 Å². The molecule has 1 aromatic heterocycles. The van der Waals surface area contributed by atoms with Gasteiger partial charge in [-0.05, 0) is 31.5 Å². The van der Waals surface area contributed by atoms with Gasteiger partial charge in [0.25, 0.3) is 0 Å². The third kappa shape index (κ3) is 3.77. The summed E-state index contributed by atoms with van der Waals surface area (Å²) in [5.41, 5.74) is 3.59. The number of hydrogen-bond acceptors (Lipinski definition) is 1. The average Bonchev–Trinajstić information content (AvgIpc) is 3.07. The smallest absolute Gasteiger partial charge is 0.209 e. The molecule has 0 atom stereocenters. The van der Waals surface area contributed by atoms with E-state index in [4.69, 9.17) is 0 Å². The van der Waals surface area contributed by atoms with E-state index < -0.39 is 0 Å². The summed E-state index contributed by atoms with van der Waals surface area (Å²) < 4.78 is 15.9. The Morgan fingerprint density at radius 1 is 1.04 bits per heavy atom. The first-order chi connectivity index (χ1) is 12.1. The molecule has 25 heavy (non-hydrogen) atoms. The number of hydrogen-bond donors (Lipinski definition) is 0. The van der Waals surface area contributed by atoms with E-state index in [0.717, 1.165) is 5.56 Å². The summed E-state index contributed by atoms with van der Waals surface area (Å²) in [6.45, 7) is 4.25. The van der Waals surface area contributed by atoms with Crippen LogP contribution in [0, 0.1) is 19.7 Å². The summed E-state index contributed by atoms with van der Waals surface area (Å²) in [4.78, 5) is 12.7. The van der Waals surface area contributed by atoms with E-state index in [1.807, 2.05) is 66.2 Å². The van der Waals surface area contributed by atoms with Gasteiger partial charge in [0, 0.05) is 23.9 Å². The molecular formula is C22H20FNO. The summed E-state index contributed by atoms with van der Waals surface area (Å²) in [6.07, 6.45) is 5.48. The fraction of sp³-hybridized carbons (Fsp3) is 0.136. The third-order valence-corrected chi connectivity index (χ3v) is 4.20. The molecule has 3 heteroatoms. The van der Waals surface area contributed by atoms with Crippen LogP contribution < -0.4 is 0 Å². The molecule has 2 nitrogen and oxygen atoms in total. The highest BCUT2D eigenvalue weighted by molar-refractivity contribution is 6.08. The fourth-order valence-electron chi connectivity index (χ4n) is 2.72. The van der Waals surface area contributed by atoms with Gasteiger partial charge in [0.2, 0.25) is 5.78 Å². The molecule has 126 valence electrons. The van der Waals surface area contributed by atoms with Gasteiger partial charge < -0.3 is 4.57 Å². The topological polar surface area (TPSA) is 22.0 Å². The molecule has 0 radical (unpaired) electrons. The zero-order chi connectivity index (χ0) is 17.8. The second-order valence-electron chi connectivity index (χ2n) is 6.12. The Hall–Kier alpha value is -2.94. The molecule has 1 heterocycles. The molecule has 0 fully saturated rings. The van der Waals surface area contributed by atoms with Crippen molar-refractivity contribution >= 4 is 11.9 Å². The molecule has 0 N–H and O–H groups in total. The first-order valence-corrected chi connectivity index (χ1v) is 8.24. The van der Waals surface area contributed by atoms with Crippen molar-refractivity contribution in [1.82, 2.24) is 4.57 Å². The monoisotopic (exact) mass is 333 g/mol. The summed E-state index contributed by atoms with van der Waals surface area (Å²) in [6, 6.07) is 16.5. The Labute approximate surface area is 147 Å². The predicted octanol–water partition coefficient (Wildman–Crippen LogP) is 5.19. The zero-order valence-electron chi connectivity index (χ0n) is 14.4. The van der Waals surface area contributed by atoms with Gasteiger partial charge in [0.1, 0.15) is 5.82 Å². The molecular weight excluding hydrogens is 313 g/mol. The van der Waals surface area contributed by atoms with Gasteiger partial charge in [-0.3, -0.25) is 4.79 Å². The van der Waals surface area contributed by atoms with Crippen LogP contribution in [0.4, 0.5) is 4.39 Å². The highest BCUT2D eigenvalue weighted by atomic mass is 19.1. The van der Waals surface area contributed by atoms with Crippen molar-refractivity contribution in [3.63, 3.8) is 0 Å². The van der Waals surface area contributed by atoms with Crippen molar-refractivity contribution in [2.75, 3.05) is 0 Å². The summed E-state index contributed by atoms with van der Waals surface area (Å²) in [7, 11) is 0. The lowest BCUT2D eigenvalue weighted by atomic mass is 10.1. The van der Waals surface area contributed by atoms with Crippen LogP contribution in [-0.2, 0) is 6.54 Å². The second kappa shape index (κ2) is 7.31. The van der Waals surface area contributed by atoms with Gasteiger partial charge in [-0.1, -0.05) is 60.2 Å². The van der Waals surface area contributed by atoms with Crippen LogP contribution in [0.1, 0.15) is 32.7 Å². The maximum absolute atomic E-state index is 14.0. The van der Waals surface area contributed by atoms with Crippen LogP contribution in [-0.4, -0.2) is 10.4 Å². The van der Waals surface area contributed by atoms with E-state index in [2.05, 4.69) is 0 Å². The third-order valence-electron chi connectivity index (χ3n) is 4.20. The molecule has 0 saturated heterocycles. The van der Waals surface area contributed by atoms with Gasteiger partial charge in [-0.25, -0.2) is 4.39 Å². The average molecular weight is 333 g/mol. The molecule has 3 aromatic rings. The van der Waals surface area contributed by atoms with Gasteiger partial charge in [0.15, 0.2) is 0 Å². The SMILES string of the molecule is Cc1ccc(C(=O)c2cccn2C/C=C/c2cccc(C)c2F)cc1. The van der Waals surface area contributed by atoms with Crippen LogP contribution in [0.5, 0.6) is 0 Å². The number of nitrogens with zero attached hydrogens (tertiary/aromatic N) is 1. The van der Waals surface area contributed by atoms with Crippen LogP contribution in [0.15, 0.2) is 66.9 Å². The number of rotatable bonds is 5. The van der Waals surface area contributed by atoms with Crippen molar-refractivity contribution < 1.29 is 9.18 Å². The quantitative estimate of drug-likeness (QED) is 0.589. The van der Waals surface area contributed by atoms with Gasteiger partial charge >= 0.3 is 0 Å². The summed E-state index contributed by atoms with van der Waals surface area (Å²) >= 11 is 0. The standard InChI is InChI=1S/C22H20FNO/c1-16-10-12-19(13-11-16)22(25)20-9-5-15-24(20)14-4-8-18-7-3-6-17(2)21(18)23/h3-13,15H,14H2,1-2H3/b8-4+. The van der Waals surface area contributed by atoms with Crippen LogP contribution in [0.3, 0.4) is 0 Å². The Balaban J connectivity index is 1.78. The van der Waals surface area contributed by atoms with Crippen molar-refractivity contribution in [2.24, 2.45) is 0 Å². The molecule has 0 amide bonds. The molecule has 0 aliphatic heterocycles. The lowest BCUT2D eigenvalue weighted by molar-refractivity contribution is 0.103. The Morgan fingerprint density at radius 3 is 2.56 bits per heavy atom. The lowest BCUT2D eigenvalue weighted by Gasteiger charge is -2.07. The lowest BCUT2D eigenvalue weighted by Crippen LogP contribution is -2.09. The van der Waals surface area contributed by atoms with E-state index in [0.29, 0.717) is 28.9 Å². The van der Waals surface area contributed by atoms with Gasteiger partial charge in [-0.15, -0.1) is 0 Å². The van der Waals surface area contributed by atoms with Crippen molar-refractivity contribution in [1.29, 1.82) is 0 Å². The van der Waals surface area contributed by atoms with E-state index in [1.54, 1.807) is 25.1 Å². The minimum Gasteiger partial charge on any atom is -0.341 e. The van der Waals surface area contributed by atoms with Crippen molar-refractivity contribution in [3.8, 4) is 0 Å². The summed E-state index contributed by atoms with van der Waals surface area (Å²) in [5, 5.41) is 0. The molecule has 0 spiro atoms. The van der Waals surface area contributed by atoms with Crippen molar-refractivity contribution in [3.05, 3.63) is 101 Å². The molecule has 0 saturated carbocycles. The van der Waals surface area contributed by atoms with Gasteiger partial charge in [-0.2, -0.15) is 0 Å². The van der Waals surface area contributed by atoms with E-state index in [1.165, 1.54) is 0 Å². The number of ketones is 1. The minimum atomic E-state index is -0.206. The number of carbonyl (C=O) groups is 1. The number of aromatic nitrogens is 1. The minimum absolute atomic E-state index is 0.0138. The van der Waals surface area contributed by atoms with Crippen LogP contribution in [0.2, 0.25) is 0 Å². The zero-order valence-corrected chi connectivity index (χ0v) is 14.4. The molecule has 3 rings (SSSR count). The second-order valence-corrected chi connectivity index (χ2v) is 6.12. The molecule has 0 aliphatic carbocycles. The van der Waals surface area contributed by atoms with E-state index in [9.17, 15) is 9.18 Å². The largest absolute Gasteiger partial charge is 0.341 e. The van der Waals surface area contributed by atoms with E-state index in [-0.39, 0.29) is 11.6 Å². The van der Waals surface area contributed by atoms with Crippen LogP contribution in [0.25, 0.3) is 6.08 Å². The highest BCUT2D eigenvalue weighted by Crippen LogP contribution is 2.15. The molecule has 2 aromatic carbocycles. The van der Waals surface area contributed by atoms with Gasteiger partial charge in [0.05, 0.1) is 5.69 Å². The Kier molecular flexibility index (Phi) is 4.94. The Bertz CT molecular complexity index is 919. The number of benzene rings is 2. The number of aryl methyl sites for hydroxylation is 2. The number of allylic oxidation sites excluding steroid dienone is 1. The maximum atomic E-state index is 14.0. The fourth-order valence-corrected chi connectivity index (χ4v) is 2.72. The predicted molar refractivity (Wildman–Crippen MR) is 99.2 cm³/mol. The highest BCUT2D eigenvalue weighted by Gasteiger charge is 2.12. The normalized spacial score (nSPS) is 11.2. The number of carbonyl (C=O) groups excluding carboxylic acids is 1.